The number of nitrogens with one attached hydrogen (secondary N) is 2. The Morgan fingerprint density at radius 2 is 1.88 bits per heavy atom. The molecule has 2 N–H and O–H groups in total. The maximum atomic E-state index is 12.2. The lowest BCUT2D eigenvalue weighted by atomic mass is 10.1. The summed E-state index contributed by atoms with van der Waals surface area (Å²) in [4.78, 5) is 50.7. The Morgan fingerprint density at radius 1 is 1.15 bits per heavy atom. The number of imide groups is 1. The zero-order chi connectivity index (χ0) is 19.3. The van der Waals surface area contributed by atoms with Crippen molar-refractivity contribution in [1.82, 2.24) is 10.3 Å². The summed E-state index contributed by atoms with van der Waals surface area (Å²) in [6.07, 6.45) is 0. The lowest BCUT2D eigenvalue weighted by Gasteiger charge is -2.05. The SMILES string of the molecule is CCOC(=O)c1c(C)[nH]c(C(=O)OCC(=O)NC(=O)c2cccs2)c1C. The van der Waals surface area contributed by atoms with E-state index >= 15 is 0 Å². The molecule has 0 atom stereocenters. The molecule has 2 amide bonds. The first-order chi connectivity index (χ1) is 12.3. The number of carbonyl (C=O) groups excluding carboxylic acids is 4. The van der Waals surface area contributed by atoms with Crippen molar-refractivity contribution >= 4 is 35.1 Å². The Hall–Kier alpha value is -2.94. The van der Waals surface area contributed by atoms with Crippen molar-refractivity contribution < 1.29 is 28.7 Å². The Kier molecular flexibility index (Phi) is 6.29. The summed E-state index contributed by atoms with van der Waals surface area (Å²) in [5, 5.41) is 3.83. The minimum absolute atomic E-state index is 0.0583. The number of H-pyrrole nitrogens is 1. The largest absolute Gasteiger partial charge is 0.462 e. The molecule has 8 nitrogen and oxygen atoms in total. The standard InChI is InChI=1S/C17H18N2O6S/c1-4-24-16(22)13-9(2)14(18-10(13)3)17(23)25-8-12(20)19-15(21)11-6-5-7-26-11/h5-7,18H,4,8H2,1-3H3,(H,19,20,21). The normalized spacial score (nSPS) is 10.3. The van der Waals surface area contributed by atoms with Gasteiger partial charge < -0.3 is 14.5 Å². The van der Waals surface area contributed by atoms with Crippen molar-refractivity contribution in [2.45, 2.75) is 20.8 Å². The molecule has 2 heterocycles. The van der Waals surface area contributed by atoms with Gasteiger partial charge in [0.05, 0.1) is 17.0 Å². The van der Waals surface area contributed by atoms with Crippen LogP contribution in [0.3, 0.4) is 0 Å². The Balaban J connectivity index is 1.97. The third-order valence-electron chi connectivity index (χ3n) is 3.45. The van der Waals surface area contributed by atoms with Gasteiger partial charge >= 0.3 is 11.9 Å². The number of aromatic nitrogens is 1. The molecular formula is C17H18N2O6S. The Morgan fingerprint density at radius 3 is 2.50 bits per heavy atom. The van der Waals surface area contributed by atoms with Crippen molar-refractivity contribution in [1.29, 1.82) is 0 Å². The fraction of sp³-hybridized carbons (Fsp3) is 0.294. The highest BCUT2D eigenvalue weighted by atomic mass is 32.1. The van der Waals surface area contributed by atoms with Gasteiger partial charge in [0.15, 0.2) is 6.61 Å². The van der Waals surface area contributed by atoms with E-state index in [2.05, 4.69) is 10.3 Å². The molecule has 0 aliphatic carbocycles. The monoisotopic (exact) mass is 378 g/mol. The molecule has 0 fully saturated rings. The molecule has 0 unspecified atom stereocenters. The summed E-state index contributed by atoms with van der Waals surface area (Å²) in [5.74, 6) is -2.65. The number of thiophene rings is 1. The third-order valence-corrected chi connectivity index (χ3v) is 4.32. The smallest absolute Gasteiger partial charge is 0.355 e. The van der Waals surface area contributed by atoms with Crippen molar-refractivity contribution in [2.75, 3.05) is 13.2 Å². The zero-order valence-electron chi connectivity index (χ0n) is 14.5. The van der Waals surface area contributed by atoms with Crippen LogP contribution < -0.4 is 5.32 Å². The second kappa shape index (κ2) is 8.43. The van der Waals surface area contributed by atoms with Crippen molar-refractivity contribution in [3.63, 3.8) is 0 Å². The van der Waals surface area contributed by atoms with E-state index in [4.69, 9.17) is 9.47 Å². The minimum atomic E-state index is -0.806. The van der Waals surface area contributed by atoms with Gasteiger partial charge in [-0.25, -0.2) is 9.59 Å². The summed E-state index contributed by atoms with van der Waals surface area (Å²) in [7, 11) is 0. The molecule has 0 radical (unpaired) electrons. The van der Waals surface area contributed by atoms with Crippen LogP contribution in [-0.4, -0.2) is 42.0 Å². The van der Waals surface area contributed by atoms with Gasteiger partial charge in [-0.3, -0.25) is 14.9 Å². The molecule has 0 aliphatic heterocycles. The topological polar surface area (TPSA) is 115 Å². The Bertz CT molecular complexity index is 838. The van der Waals surface area contributed by atoms with E-state index in [1.54, 1.807) is 38.3 Å². The van der Waals surface area contributed by atoms with Gasteiger partial charge in [0.1, 0.15) is 5.69 Å². The number of esters is 2. The number of hydrogen-bond donors (Lipinski definition) is 2. The first-order valence-electron chi connectivity index (χ1n) is 7.76. The summed E-state index contributed by atoms with van der Waals surface area (Å²) in [5.41, 5.74) is 1.16. The highest BCUT2D eigenvalue weighted by Crippen LogP contribution is 2.19. The number of hydrogen-bond acceptors (Lipinski definition) is 7. The number of rotatable bonds is 6. The molecule has 2 aromatic rings. The van der Waals surface area contributed by atoms with Gasteiger partial charge in [-0.1, -0.05) is 6.07 Å². The van der Waals surface area contributed by atoms with E-state index in [0.29, 0.717) is 16.1 Å². The number of amides is 2. The maximum absolute atomic E-state index is 12.2. The quantitative estimate of drug-likeness (QED) is 0.743. The molecule has 0 aromatic carbocycles. The van der Waals surface area contributed by atoms with Gasteiger partial charge in [0, 0.05) is 5.69 Å². The van der Waals surface area contributed by atoms with Crippen LogP contribution in [0.2, 0.25) is 0 Å². The van der Waals surface area contributed by atoms with E-state index in [1.165, 1.54) is 11.3 Å². The van der Waals surface area contributed by atoms with Crippen LogP contribution in [0.1, 0.15) is 48.7 Å². The maximum Gasteiger partial charge on any atom is 0.355 e. The average Bonchev–Trinajstić information content (AvgIpc) is 3.21. The summed E-state index contributed by atoms with van der Waals surface area (Å²) in [6, 6.07) is 3.25. The van der Waals surface area contributed by atoms with Crippen LogP contribution in [0, 0.1) is 13.8 Å². The molecule has 0 saturated heterocycles. The number of aryl methyl sites for hydroxylation is 1. The molecule has 0 aliphatic rings. The van der Waals surface area contributed by atoms with Crippen LogP contribution in [0.5, 0.6) is 0 Å². The predicted octanol–water partition coefficient (Wildman–Crippen LogP) is 1.98. The molecule has 26 heavy (non-hydrogen) atoms. The first kappa shape index (κ1) is 19.4. The van der Waals surface area contributed by atoms with Crippen LogP contribution in [0.25, 0.3) is 0 Å². The minimum Gasteiger partial charge on any atom is -0.462 e. The number of ether oxygens (including phenoxy) is 2. The van der Waals surface area contributed by atoms with Gasteiger partial charge in [-0.15, -0.1) is 11.3 Å². The van der Waals surface area contributed by atoms with E-state index in [-0.39, 0.29) is 17.9 Å². The highest BCUT2D eigenvalue weighted by Gasteiger charge is 2.24. The van der Waals surface area contributed by atoms with Crippen LogP contribution in [0.4, 0.5) is 0 Å². The number of aromatic amines is 1. The van der Waals surface area contributed by atoms with Gasteiger partial charge in [0.2, 0.25) is 0 Å². The van der Waals surface area contributed by atoms with Crippen molar-refractivity contribution in [2.24, 2.45) is 0 Å². The zero-order valence-corrected chi connectivity index (χ0v) is 15.3. The highest BCUT2D eigenvalue weighted by molar-refractivity contribution is 7.12. The number of carbonyl (C=O) groups is 4. The predicted molar refractivity (Wildman–Crippen MR) is 93.3 cm³/mol. The molecular weight excluding hydrogens is 360 g/mol. The molecule has 2 aromatic heterocycles. The first-order valence-corrected chi connectivity index (χ1v) is 8.64. The fourth-order valence-electron chi connectivity index (χ4n) is 2.30. The van der Waals surface area contributed by atoms with Gasteiger partial charge in [0.25, 0.3) is 11.8 Å². The van der Waals surface area contributed by atoms with E-state index in [0.717, 1.165) is 0 Å². The summed E-state index contributed by atoms with van der Waals surface area (Å²) >= 11 is 1.19. The van der Waals surface area contributed by atoms with E-state index in [9.17, 15) is 19.2 Å². The molecule has 0 bridgehead atoms. The van der Waals surface area contributed by atoms with Gasteiger partial charge in [-0.2, -0.15) is 0 Å². The average molecular weight is 378 g/mol. The molecule has 138 valence electrons. The Labute approximate surface area is 153 Å². The third kappa shape index (κ3) is 4.37. The second-order valence-corrected chi connectivity index (χ2v) is 6.22. The van der Waals surface area contributed by atoms with Crippen LogP contribution in [0.15, 0.2) is 17.5 Å². The summed E-state index contributed by atoms with van der Waals surface area (Å²) in [6.45, 7) is 4.47. The molecule has 2 rings (SSSR count). The van der Waals surface area contributed by atoms with E-state index < -0.39 is 30.4 Å². The molecule has 0 saturated carbocycles. The molecule has 9 heteroatoms. The fourth-order valence-corrected chi connectivity index (χ4v) is 2.92. The van der Waals surface area contributed by atoms with Crippen molar-refractivity contribution in [3.8, 4) is 0 Å². The summed E-state index contributed by atoms with van der Waals surface area (Å²) < 4.78 is 9.86. The molecule has 0 spiro atoms. The lowest BCUT2D eigenvalue weighted by molar-refractivity contribution is -0.123. The van der Waals surface area contributed by atoms with Crippen LogP contribution in [-0.2, 0) is 14.3 Å². The van der Waals surface area contributed by atoms with Crippen LogP contribution >= 0.6 is 11.3 Å². The van der Waals surface area contributed by atoms with Gasteiger partial charge in [-0.05, 0) is 37.8 Å². The lowest BCUT2D eigenvalue weighted by Crippen LogP contribution is -2.33. The second-order valence-electron chi connectivity index (χ2n) is 5.28. The van der Waals surface area contributed by atoms with E-state index in [1.807, 2.05) is 0 Å². The van der Waals surface area contributed by atoms with Crippen molar-refractivity contribution in [3.05, 3.63) is 44.9 Å².